The molecule has 1 amide bonds. The van der Waals surface area contributed by atoms with E-state index in [1.165, 1.54) is 5.32 Å². The number of nitro groups is 1. The topological polar surface area (TPSA) is 72.2 Å². The minimum absolute atomic E-state index is 0.0501. The SMILES string of the molecule is O=C(Cc1ccc([N+](=O)[O-])cc1CF)NCC(F)(F)C(F)(F)F. The molecule has 23 heavy (non-hydrogen) atoms. The van der Waals surface area contributed by atoms with E-state index < -0.39 is 48.3 Å². The van der Waals surface area contributed by atoms with Crippen LogP contribution in [0.1, 0.15) is 11.1 Å². The van der Waals surface area contributed by atoms with Crippen LogP contribution in [0.5, 0.6) is 0 Å². The Morgan fingerprint density at radius 2 is 1.78 bits per heavy atom. The molecule has 0 spiro atoms. The Labute approximate surface area is 125 Å². The van der Waals surface area contributed by atoms with Gasteiger partial charge in [0.25, 0.3) is 5.69 Å². The van der Waals surface area contributed by atoms with Gasteiger partial charge in [-0.3, -0.25) is 14.9 Å². The molecule has 1 aromatic carbocycles. The molecule has 0 radical (unpaired) electrons. The standard InChI is InChI=1S/C12H10F6N2O3/c13-5-8-3-9(20(22)23)2-1-7(8)4-10(21)19-6-11(14,15)12(16,17)18/h1-3H,4-6H2,(H,19,21). The number of hydrogen-bond donors (Lipinski definition) is 1. The van der Waals surface area contributed by atoms with Crippen molar-refractivity contribution >= 4 is 11.6 Å². The van der Waals surface area contributed by atoms with Gasteiger partial charge in [0.1, 0.15) is 6.67 Å². The molecule has 1 aromatic rings. The van der Waals surface area contributed by atoms with Gasteiger partial charge in [-0.15, -0.1) is 0 Å². The summed E-state index contributed by atoms with van der Waals surface area (Å²) >= 11 is 0. The minimum Gasteiger partial charge on any atom is -0.349 e. The highest BCUT2D eigenvalue weighted by Gasteiger charge is 2.57. The van der Waals surface area contributed by atoms with Gasteiger partial charge >= 0.3 is 12.1 Å². The summed E-state index contributed by atoms with van der Waals surface area (Å²) in [6.45, 7) is -3.11. The largest absolute Gasteiger partial charge is 0.455 e. The lowest BCUT2D eigenvalue weighted by atomic mass is 10.0. The van der Waals surface area contributed by atoms with Gasteiger partial charge in [0.05, 0.1) is 17.9 Å². The van der Waals surface area contributed by atoms with Crippen molar-refractivity contribution < 1.29 is 36.1 Å². The molecule has 11 heteroatoms. The van der Waals surface area contributed by atoms with E-state index in [2.05, 4.69) is 0 Å². The lowest BCUT2D eigenvalue weighted by molar-refractivity contribution is -0.384. The molecule has 0 unspecified atom stereocenters. The van der Waals surface area contributed by atoms with Crippen molar-refractivity contribution in [3.63, 3.8) is 0 Å². The molecule has 128 valence electrons. The molecule has 0 aromatic heterocycles. The number of rotatable bonds is 6. The number of hydrogen-bond acceptors (Lipinski definition) is 3. The van der Waals surface area contributed by atoms with Crippen LogP contribution in [-0.2, 0) is 17.9 Å². The first-order valence-corrected chi connectivity index (χ1v) is 6.01. The number of nitrogens with one attached hydrogen (secondary N) is 1. The first-order chi connectivity index (χ1) is 10.5. The average molecular weight is 344 g/mol. The molecule has 5 nitrogen and oxygen atoms in total. The molecule has 0 aliphatic carbocycles. The first kappa shape index (κ1) is 18.7. The van der Waals surface area contributed by atoms with Gasteiger partial charge in [-0.1, -0.05) is 6.07 Å². The maximum Gasteiger partial charge on any atom is 0.455 e. The Hall–Kier alpha value is -2.33. The molecule has 0 bridgehead atoms. The molecular formula is C12H10F6N2O3. The Morgan fingerprint density at radius 3 is 2.26 bits per heavy atom. The van der Waals surface area contributed by atoms with Crippen molar-refractivity contribution in [2.75, 3.05) is 6.54 Å². The number of benzene rings is 1. The maximum atomic E-state index is 12.8. The molecule has 0 saturated carbocycles. The van der Waals surface area contributed by atoms with E-state index in [0.717, 1.165) is 18.2 Å². The van der Waals surface area contributed by atoms with E-state index in [1.807, 2.05) is 0 Å². The van der Waals surface area contributed by atoms with Crippen LogP contribution in [0.3, 0.4) is 0 Å². The maximum absolute atomic E-state index is 12.8. The third kappa shape index (κ3) is 4.83. The van der Waals surface area contributed by atoms with Crippen molar-refractivity contribution in [3.8, 4) is 0 Å². The van der Waals surface area contributed by atoms with Crippen molar-refractivity contribution in [2.24, 2.45) is 0 Å². The normalized spacial score (nSPS) is 12.1. The van der Waals surface area contributed by atoms with Crippen LogP contribution in [0, 0.1) is 10.1 Å². The summed E-state index contributed by atoms with van der Waals surface area (Å²) in [5.41, 5.74) is -0.715. The van der Waals surface area contributed by atoms with Crippen LogP contribution in [0.2, 0.25) is 0 Å². The van der Waals surface area contributed by atoms with Crippen LogP contribution in [0.25, 0.3) is 0 Å². The highest BCUT2D eigenvalue weighted by molar-refractivity contribution is 5.79. The van der Waals surface area contributed by atoms with Gasteiger partial charge in [0, 0.05) is 12.1 Å². The van der Waals surface area contributed by atoms with Crippen LogP contribution in [0.15, 0.2) is 18.2 Å². The predicted molar refractivity (Wildman–Crippen MR) is 65.6 cm³/mol. The molecule has 0 aliphatic heterocycles. The lowest BCUT2D eigenvalue weighted by Gasteiger charge is -2.19. The fourth-order valence-corrected chi connectivity index (χ4v) is 1.57. The zero-order valence-corrected chi connectivity index (χ0v) is 11.3. The van der Waals surface area contributed by atoms with Crippen LogP contribution >= 0.6 is 0 Å². The summed E-state index contributed by atoms with van der Waals surface area (Å²) in [6.07, 6.45) is -6.50. The first-order valence-electron chi connectivity index (χ1n) is 6.01. The summed E-state index contributed by atoms with van der Waals surface area (Å²) in [5, 5.41) is 11.9. The Morgan fingerprint density at radius 1 is 1.17 bits per heavy atom. The smallest absolute Gasteiger partial charge is 0.349 e. The minimum atomic E-state index is -5.81. The Kier molecular flexibility index (Phi) is 5.56. The number of amides is 1. The fourth-order valence-electron chi connectivity index (χ4n) is 1.57. The molecule has 0 fully saturated rings. The van der Waals surface area contributed by atoms with E-state index >= 15 is 0 Å². The predicted octanol–water partition coefficient (Wildman–Crippen LogP) is 2.92. The number of carbonyl (C=O) groups excluding carboxylic acids is 1. The number of carbonyl (C=O) groups is 1. The highest BCUT2D eigenvalue weighted by Crippen LogP contribution is 2.34. The van der Waals surface area contributed by atoms with E-state index in [9.17, 15) is 41.3 Å². The molecule has 0 saturated heterocycles. The fraction of sp³-hybridized carbons (Fsp3) is 0.417. The Balaban J connectivity index is 2.77. The molecule has 1 rings (SSSR count). The summed E-state index contributed by atoms with van der Waals surface area (Å²) in [6, 6.07) is 2.85. The summed E-state index contributed by atoms with van der Waals surface area (Å²) in [5.74, 6) is -6.29. The third-order valence-corrected chi connectivity index (χ3v) is 2.82. The second-order valence-corrected chi connectivity index (χ2v) is 4.50. The van der Waals surface area contributed by atoms with E-state index in [-0.39, 0.29) is 11.1 Å². The van der Waals surface area contributed by atoms with Gasteiger partial charge in [-0.05, 0) is 11.1 Å². The van der Waals surface area contributed by atoms with Crippen LogP contribution in [-0.4, -0.2) is 29.5 Å². The molecule has 0 atom stereocenters. The van der Waals surface area contributed by atoms with Crippen molar-refractivity contribution in [1.82, 2.24) is 5.32 Å². The van der Waals surface area contributed by atoms with Crippen molar-refractivity contribution in [2.45, 2.75) is 25.2 Å². The van der Waals surface area contributed by atoms with Gasteiger partial charge in [0.2, 0.25) is 5.91 Å². The van der Waals surface area contributed by atoms with Gasteiger partial charge in [-0.25, -0.2) is 4.39 Å². The number of non-ortho nitro benzene ring substituents is 1. The van der Waals surface area contributed by atoms with Crippen LogP contribution < -0.4 is 5.32 Å². The molecule has 0 aliphatic rings. The van der Waals surface area contributed by atoms with Crippen molar-refractivity contribution in [1.29, 1.82) is 0 Å². The van der Waals surface area contributed by atoms with E-state index in [4.69, 9.17) is 0 Å². The molecular weight excluding hydrogens is 334 g/mol. The van der Waals surface area contributed by atoms with E-state index in [1.54, 1.807) is 0 Å². The number of nitro benzene ring substituents is 1. The van der Waals surface area contributed by atoms with Gasteiger partial charge in [0.15, 0.2) is 0 Å². The van der Waals surface area contributed by atoms with Gasteiger partial charge < -0.3 is 5.32 Å². The average Bonchev–Trinajstić information content (AvgIpc) is 2.44. The lowest BCUT2D eigenvalue weighted by Crippen LogP contribution is -2.47. The molecule has 1 N–H and O–H groups in total. The molecule has 0 heterocycles. The Bertz CT molecular complexity index is 603. The number of alkyl halides is 6. The monoisotopic (exact) mass is 344 g/mol. The number of halogens is 6. The summed E-state index contributed by atoms with van der Waals surface area (Å²) in [7, 11) is 0. The zero-order valence-electron chi connectivity index (χ0n) is 11.3. The quantitative estimate of drug-likeness (QED) is 0.490. The van der Waals surface area contributed by atoms with Gasteiger partial charge in [-0.2, -0.15) is 22.0 Å². The zero-order chi connectivity index (χ0) is 17.8. The third-order valence-electron chi connectivity index (χ3n) is 2.82. The van der Waals surface area contributed by atoms with Crippen molar-refractivity contribution in [3.05, 3.63) is 39.4 Å². The van der Waals surface area contributed by atoms with E-state index in [0.29, 0.717) is 0 Å². The van der Waals surface area contributed by atoms with Crippen LogP contribution in [0.4, 0.5) is 32.0 Å². The summed E-state index contributed by atoms with van der Waals surface area (Å²) in [4.78, 5) is 21.1. The summed E-state index contributed by atoms with van der Waals surface area (Å²) < 4.78 is 73.9. The second-order valence-electron chi connectivity index (χ2n) is 4.50. The highest BCUT2D eigenvalue weighted by atomic mass is 19.4. The second kappa shape index (κ2) is 6.84. The number of nitrogens with zero attached hydrogens (tertiary/aromatic N) is 1.